The van der Waals surface area contributed by atoms with E-state index in [1.807, 2.05) is 21.5 Å². The Morgan fingerprint density at radius 1 is 0.697 bits per heavy atom. The van der Waals surface area contributed by atoms with Gasteiger partial charge < -0.3 is 0 Å². The van der Waals surface area contributed by atoms with Gasteiger partial charge in [0, 0.05) is 12.8 Å². The lowest BCUT2D eigenvalue weighted by Gasteiger charge is -2.05. The number of nitrogens with zero attached hydrogens (tertiary/aromatic N) is 6. The molecule has 0 unspecified atom stereocenters. The molecule has 0 aliphatic heterocycles. The summed E-state index contributed by atoms with van der Waals surface area (Å²) < 4.78 is 3.84. The molecule has 0 saturated carbocycles. The minimum absolute atomic E-state index is 0.504. The zero-order chi connectivity index (χ0) is 23.2. The summed E-state index contributed by atoms with van der Waals surface area (Å²) in [6, 6.07) is 16.6. The summed E-state index contributed by atoms with van der Waals surface area (Å²) in [5, 5.41) is 12.5. The summed E-state index contributed by atoms with van der Waals surface area (Å²) in [6.45, 7) is 13.1. The van der Waals surface area contributed by atoms with Crippen molar-refractivity contribution in [1.82, 2.24) is 29.5 Å². The molecular weight excluding hydrogens is 410 g/mol. The van der Waals surface area contributed by atoms with E-state index in [1.165, 1.54) is 0 Å². The number of benzene rings is 2. The molecule has 2 heterocycles. The number of anilines is 2. The second-order valence-electron chi connectivity index (χ2n) is 7.74. The van der Waals surface area contributed by atoms with Crippen LogP contribution < -0.4 is 5.32 Å². The highest BCUT2D eigenvalue weighted by molar-refractivity contribution is 5.48. The van der Waals surface area contributed by atoms with Gasteiger partial charge in [-0.25, -0.2) is 9.36 Å². The molecule has 4 rings (SSSR count). The first kappa shape index (κ1) is 22.2. The second kappa shape index (κ2) is 10.1. The first-order valence-corrected chi connectivity index (χ1v) is 11.2. The molecule has 33 heavy (non-hydrogen) atoms. The van der Waals surface area contributed by atoms with E-state index in [4.69, 9.17) is 0 Å². The van der Waals surface area contributed by atoms with Crippen LogP contribution in [0.5, 0.6) is 0 Å². The molecule has 7 nitrogen and oxygen atoms in total. The normalized spacial score (nSPS) is 10.8. The number of rotatable bonds is 10. The number of aryl methyl sites for hydroxylation is 2. The Balaban J connectivity index is 1.50. The maximum absolute atomic E-state index is 4.66. The molecule has 0 bridgehead atoms. The van der Waals surface area contributed by atoms with Crippen molar-refractivity contribution in [1.29, 1.82) is 0 Å². The first-order valence-electron chi connectivity index (χ1n) is 11.2. The van der Waals surface area contributed by atoms with Gasteiger partial charge in [-0.05, 0) is 22.3 Å². The Bertz CT molecular complexity index is 1130. The van der Waals surface area contributed by atoms with Gasteiger partial charge in [0.05, 0.1) is 13.1 Å². The fourth-order valence-electron chi connectivity index (χ4n) is 3.60. The van der Waals surface area contributed by atoms with Gasteiger partial charge in [0.1, 0.15) is 11.6 Å². The average Bonchev–Trinajstić information content (AvgIpc) is 3.42. The molecule has 168 valence electrons. The molecule has 0 amide bonds. The van der Waals surface area contributed by atoms with Crippen molar-refractivity contribution in [2.24, 2.45) is 0 Å². The van der Waals surface area contributed by atoms with Gasteiger partial charge in [-0.15, -0.1) is 10.2 Å². The highest BCUT2D eigenvalue weighted by Crippen LogP contribution is 2.15. The summed E-state index contributed by atoms with van der Waals surface area (Å²) in [5.74, 6) is 2.82. The maximum atomic E-state index is 4.66. The lowest BCUT2D eigenvalue weighted by atomic mass is 10.1. The van der Waals surface area contributed by atoms with E-state index in [1.54, 1.807) is 0 Å². The van der Waals surface area contributed by atoms with Crippen LogP contribution in [-0.2, 0) is 25.9 Å². The average molecular weight is 440 g/mol. The fourth-order valence-corrected chi connectivity index (χ4v) is 3.60. The topological polar surface area (TPSA) is 73.5 Å². The Morgan fingerprint density at radius 3 is 1.42 bits per heavy atom. The molecule has 0 fully saturated rings. The van der Waals surface area contributed by atoms with Crippen LogP contribution in [-0.4, -0.2) is 29.5 Å². The zero-order valence-corrected chi connectivity index (χ0v) is 19.2. The van der Waals surface area contributed by atoms with E-state index >= 15 is 0 Å². The molecule has 0 saturated heterocycles. The van der Waals surface area contributed by atoms with Gasteiger partial charge in [-0.2, -0.15) is 9.97 Å². The zero-order valence-electron chi connectivity index (χ0n) is 19.2. The van der Waals surface area contributed by atoms with Crippen LogP contribution in [0, 0.1) is 0 Å². The minimum atomic E-state index is 0.504. The molecule has 0 radical (unpaired) electrons. The Kier molecular flexibility index (Phi) is 6.78. The van der Waals surface area contributed by atoms with E-state index in [0.717, 1.165) is 46.7 Å². The molecule has 7 heteroatoms. The number of aromatic nitrogens is 6. The van der Waals surface area contributed by atoms with Gasteiger partial charge in [0.15, 0.2) is 0 Å². The second-order valence-corrected chi connectivity index (χ2v) is 7.74. The third-order valence-corrected chi connectivity index (χ3v) is 5.45. The molecule has 4 aromatic rings. The predicted octanol–water partition coefficient (Wildman–Crippen LogP) is 5.12. The van der Waals surface area contributed by atoms with Crippen molar-refractivity contribution in [3.8, 4) is 0 Å². The van der Waals surface area contributed by atoms with Crippen molar-refractivity contribution in [2.45, 2.75) is 39.8 Å². The Morgan fingerprint density at radius 2 is 1.09 bits per heavy atom. The molecule has 0 aliphatic rings. The maximum Gasteiger partial charge on any atom is 0.249 e. The molecular formula is C26H29N7. The predicted molar refractivity (Wildman–Crippen MR) is 133 cm³/mol. The standard InChI is InChI=1S/C26H29N7/c1-5-19-9-13-21(14-10-19)17-32-23(7-3)27-25(30-32)29-26-28-24(8-4)33(31-26)18-22-15-11-20(6-2)12-16-22/h5-6,9-16H,1-2,7-8,17-18H2,3-4H3,(H,29,30,31). The molecule has 2 aromatic carbocycles. The van der Waals surface area contributed by atoms with Gasteiger partial charge in [0.25, 0.3) is 0 Å². The van der Waals surface area contributed by atoms with Gasteiger partial charge in [0.2, 0.25) is 11.9 Å². The fraction of sp³-hybridized carbons (Fsp3) is 0.231. The van der Waals surface area contributed by atoms with E-state index in [2.05, 4.69) is 101 Å². The van der Waals surface area contributed by atoms with Crippen molar-refractivity contribution in [3.05, 3.63) is 95.6 Å². The van der Waals surface area contributed by atoms with Crippen LogP contribution >= 0.6 is 0 Å². The summed E-state index contributed by atoms with van der Waals surface area (Å²) in [6.07, 6.45) is 5.24. The quantitative estimate of drug-likeness (QED) is 0.371. The smallest absolute Gasteiger partial charge is 0.249 e. The lowest BCUT2D eigenvalue weighted by Crippen LogP contribution is -2.07. The van der Waals surface area contributed by atoms with Crippen LogP contribution in [0.3, 0.4) is 0 Å². The van der Waals surface area contributed by atoms with E-state index in [-0.39, 0.29) is 0 Å². The third kappa shape index (κ3) is 5.26. The third-order valence-electron chi connectivity index (χ3n) is 5.45. The van der Waals surface area contributed by atoms with Crippen LogP contribution in [0.4, 0.5) is 11.9 Å². The molecule has 2 aromatic heterocycles. The van der Waals surface area contributed by atoms with Crippen molar-refractivity contribution >= 4 is 24.0 Å². The summed E-state index contributed by atoms with van der Waals surface area (Å²) in [4.78, 5) is 9.30. The molecule has 0 aliphatic carbocycles. The van der Waals surface area contributed by atoms with E-state index < -0.39 is 0 Å². The van der Waals surface area contributed by atoms with Crippen molar-refractivity contribution in [3.63, 3.8) is 0 Å². The molecule has 1 N–H and O–H groups in total. The molecule has 0 atom stereocenters. The van der Waals surface area contributed by atoms with Gasteiger partial charge >= 0.3 is 0 Å². The van der Waals surface area contributed by atoms with Crippen LogP contribution in [0.2, 0.25) is 0 Å². The van der Waals surface area contributed by atoms with E-state index in [9.17, 15) is 0 Å². The van der Waals surface area contributed by atoms with Gasteiger partial charge in [-0.1, -0.05) is 87.7 Å². The number of hydrogen-bond acceptors (Lipinski definition) is 5. The highest BCUT2D eigenvalue weighted by atomic mass is 15.4. The Labute approximate surface area is 194 Å². The molecule has 0 spiro atoms. The summed E-state index contributed by atoms with van der Waals surface area (Å²) in [5.41, 5.74) is 4.51. The number of hydrogen-bond donors (Lipinski definition) is 1. The van der Waals surface area contributed by atoms with Crippen LogP contribution in [0.25, 0.3) is 12.2 Å². The van der Waals surface area contributed by atoms with Crippen molar-refractivity contribution < 1.29 is 0 Å². The van der Waals surface area contributed by atoms with Gasteiger partial charge in [-0.3, -0.25) is 5.32 Å². The number of nitrogens with one attached hydrogen (secondary N) is 1. The first-order chi connectivity index (χ1) is 16.1. The van der Waals surface area contributed by atoms with Crippen LogP contribution in [0.15, 0.2) is 61.7 Å². The SMILES string of the molecule is C=Cc1ccc(Cn2nc(Nc3nc(CC)n(Cc4ccc(C=C)cc4)n3)nc2CC)cc1. The van der Waals surface area contributed by atoms with E-state index in [0.29, 0.717) is 25.0 Å². The lowest BCUT2D eigenvalue weighted by molar-refractivity contribution is 0.642. The monoisotopic (exact) mass is 439 g/mol. The van der Waals surface area contributed by atoms with Crippen molar-refractivity contribution in [2.75, 3.05) is 5.32 Å². The minimum Gasteiger partial charge on any atom is -0.290 e. The summed E-state index contributed by atoms with van der Waals surface area (Å²) in [7, 11) is 0. The Hall–Kier alpha value is -4.00. The van der Waals surface area contributed by atoms with Crippen LogP contribution in [0.1, 0.15) is 47.8 Å². The highest BCUT2D eigenvalue weighted by Gasteiger charge is 2.14. The largest absolute Gasteiger partial charge is 0.290 e. The summed E-state index contributed by atoms with van der Waals surface area (Å²) >= 11 is 0.